The van der Waals surface area contributed by atoms with Crippen LogP contribution in [0, 0.1) is 6.92 Å². The molecule has 0 spiro atoms. The van der Waals surface area contributed by atoms with Gasteiger partial charge in [-0.2, -0.15) is 5.21 Å². The van der Waals surface area contributed by atoms with Crippen molar-refractivity contribution in [2.75, 3.05) is 5.32 Å². The van der Waals surface area contributed by atoms with E-state index >= 15 is 0 Å². The molecular weight excluding hydrogens is 326 g/mol. The molecule has 1 heterocycles. The molecule has 0 aliphatic carbocycles. The highest BCUT2D eigenvalue weighted by molar-refractivity contribution is 5.95. The Morgan fingerprint density at radius 3 is 2.46 bits per heavy atom. The molecule has 0 saturated heterocycles. The minimum absolute atomic E-state index is 0.146. The van der Waals surface area contributed by atoms with Gasteiger partial charge in [0.25, 0.3) is 0 Å². The summed E-state index contributed by atoms with van der Waals surface area (Å²) in [5.74, 6) is 0.184. The summed E-state index contributed by atoms with van der Waals surface area (Å²) in [7, 11) is 0. The highest BCUT2D eigenvalue weighted by Crippen LogP contribution is 2.23. The molecule has 0 aliphatic heterocycles. The third kappa shape index (κ3) is 4.14. The Morgan fingerprint density at radius 2 is 1.85 bits per heavy atom. The van der Waals surface area contributed by atoms with Crippen LogP contribution in [-0.4, -0.2) is 26.5 Å². The number of carbonyl (C=O) groups is 1. The van der Waals surface area contributed by atoms with Crippen molar-refractivity contribution < 1.29 is 4.79 Å². The normalized spacial score (nSPS) is 12.2. The number of H-pyrrole nitrogens is 1. The van der Waals surface area contributed by atoms with Crippen LogP contribution in [0.25, 0.3) is 0 Å². The van der Waals surface area contributed by atoms with Gasteiger partial charge in [-0.3, -0.25) is 4.79 Å². The number of amides is 1. The van der Waals surface area contributed by atoms with Crippen LogP contribution >= 0.6 is 0 Å². The second-order valence-corrected chi connectivity index (χ2v) is 6.72. The Hall–Kier alpha value is -3.02. The zero-order chi connectivity index (χ0) is 18.5. The average Bonchev–Trinajstić information content (AvgIpc) is 3.15. The summed E-state index contributed by atoms with van der Waals surface area (Å²) in [5, 5.41) is 17.1. The molecule has 2 aromatic carbocycles. The molecule has 1 aromatic heterocycles. The van der Waals surface area contributed by atoms with Gasteiger partial charge in [0.1, 0.15) is 5.92 Å². The number of carbonyl (C=O) groups excluding carboxylic acids is 1. The Morgan fingerprint density at radius 1 is 1.12 bits per heavy atom. The molecule has 0 bridgehead atoms. The molecule has 26 heavy (non-hydrogen) atoms. The highest BCUT2D eigenvalue weighted by Gasteiger charge is 2.26. The third-order valence-corrected chi connectivity index (χ3v) is 4.52. The van der Waals surface area contributed by atoms with E-state index in [4.69, 9.17) is 0 Å². The number of tetrazole rings is 1. The fourth-order valence-electron chi connectivity index (χ4n) is 2.86. The summed E-state index contributed by atoms with van der Waals surface area (Å²) in [6, 6.07) is 15.9. The highest BCUT2D eigenvalue weighted by atomic mass is 16.1. The number of nitrogens with one attached hydrogen (secondary N) is 2. The molecule has 6 heteroatoms. The van der Waals surface area contributed by atoms with E-state index in [-0.39, 0.29) is 5.91 Å². The Labute approximate surface area is 153 Å². The van der Waals surface area contributed by atoms with Gasteiger partial charge >= 0.3 is 0 Å². The number of benzene rings is 2. The number of aryl methyl sites for hydroxylation is 1. The summed E-state index contributed by atoms with van der Waals surface area (Å²) in [4.78, 5) is 12.9. The number of nitrogens with zero attached hydrogens (tertiary/aromatic N) is 3. The topological polar surface area (TPSA) is 83.6 Å². The smallest absolute Gasteiger partial charge is 0.235 e. The van der Waals surface area contributed by atoms with Gasteiger partial charge in [0, 0.05) is 5.69 Å². The number of rotatable bonds is 6. The van der Waals surface area contributed by atoms with Gasteiger partial charge < -0.3 is 5.32 Å². The van der Waals surface area contributed by atoms with Gasteiger partial charge in [-0.1, -0.05) is 55.5 Å². The van der Waals surface area contributed by atoms with E-state index in [9.17, 15) is 4.79 Å². The average molecular weight is 349 g/mol. The van der Waals surface area contributed by atoms with E-state index < -0.39 is 5.92 Å². The first kappa shape index (κ1) is 17.8. The first-order valence-electron chi connectivity index (χ1n) is 8.73. The van der Waals surface area contributed by atoms with Crippen molar-refractivity contribution in [1.29, 1.82) is 0 Å². The first-order chi connectivity index (χ1) is 12.5. The molecular formula is C20H23N5O. The van der Waals surface area contributed by atoms with E-state index in [0.29, 0.717) is 18.2 Å². The molecule has 0 aliphatic rings. The molecule has 0 unspecified atom stereocenters. The van der Waals surface area contributed by atoms with E-state index in [2.05, 4.69) is 39.8 Å². The van der Waals surface area contributed by atoms with E-state index in [1.54, 1.807) is 0 Å². The van der Waals surface area contributed by atoms with E-state index in [0.717, 1.165) is 16.8 Å². The van der Waals surface area contributed by atoms with Crippen molar-refractivity contribution in [3.63, 3.8) is 0 Å². The number of anilines is 1. The van der Waals surface area contributed by atoms with Crippen LogP contribution in [-0.2, 0) is 11.2 Å². The van der Waals surface area contributed by atoms with Gasteiger partial charge in [-0.05, 0) is 48.1 Å². The van der Waals surface area contributed by atoms with Crippen LogP contribution in [0.2, 0.25) is 0 Å². The molecule has 3 aromatic rings. The zero-order valence-corrected chi connectivity index (χ0v) is 15.2. The van der Waals surface area contributed by atoms with Crippen molar-refractivity contribution in [1.82, 2.24) is 20.6 Å². The van der Waals surface area contributed by atoms with E-state index in [1.807, 2.05) is 55.5 Å². The van der Waals surface area contributed by atoms with Crippen LogP contribution in [0.5, 0.6) is 0 Å². The molecule has 134 valence electrons. The second-order valence-electron chi connectivity index (χ2n) is 6.72. The maximum Gasteiger partial charge on any atom is 0.235 e. The lowest BCUT2D eigenvalue weighted by molar-refractivity contribution is -0.117. The van der Waals surface area contributed by atoms with Gasteiger partial charge in [-0.15, -0.1) is 10.2 Å². The van der Waals surface area contributed by atoms with Crippen LogP contribution in [0.3, 0.4) is 0 Å². The quantitative estimate of drug-likeness (QED) is 0.712. The summed E-state index contributed by atoms with van der Waals surface area (Å²) in [5.41, 5.74) is 4.22. The first-order valence-corrected chi connectivity index (χ1v) is 8.73. The second kappa shape index (κ2) is 7.91. The van der Waals surface area contributed by atoms with Crippen molar-refractivity contribution in [2.45, 2.75) is 39.0 Å². The molecule has 0 saturated carbocycles. The number of aromatic nitrogens is 4. The van der Waals surface area contributed by atoms with Crippen LogP contribution < -0.4 is 5.32 Å². The monoisotopic (exact) mass is 349 g/mol. The molecule has 1 atom stereocenters. The molecule has 0 radical (unpaired) electrons. The predicted molar refractivity (Wildman–Crippen MR) is 101 cm³/mol. The SMILES string of the molecule is Cc1ccccc1C[C@H](C(=O)Nc1ccc(C(C)C)cc1)c1nn[nH]n1. The standard InChI is InChI=1S/C20H23N5O/c1-13(2)15-8-10-17(11-9-15)21-20(26)18(19-22-24-25-23-19)12-16-7-5-4-6-14(16)3/h4-11,13,18H,12H2,1-3H3,(H,21,26)(H,22,23,24,25)/t18-/m0/s1. The van der Waals surface area contributed by atoms with Crippen molar-refractivity contribution >= 4 is 11.6 Å². The zero-order valence-electron chi connectivity index (χ0n) is 15.2. The lowest BCUT2D eigenvalue weighted by atomic mass is 9.94. The maximum atomic E-state index is 12.9. The lowest BCUT2D eigenvalue weighted by Gasteiger charge is -2.15. The Balaban J connectivity index is 1.80. The van der Waals surface area contributed by atoms with E-state index in [1.165, 1.54) is 5.56 Å². The maximum absolute atomic E-state index is 12.9. The van der Waals surface area contributed by atoms with Crippen LogP contribution in [0.1, 0.15) is 48.2 Å². The summed E-state index contributed by atoms with van der Waals surface area (Å²) in [6.45, 7) is 6.31. The van der Waals surface area contributed by atoms with Crippen molar-refractivity contribution in [2.24, 2.45) is 0 Å². The third-order valence-electron chi connectivity index (χ3n) is 4.52. The Kier molecular flexibility index (Phi) is 5.41. The molecule has 6 nitrogen and oxygen atoms in total. The molecule has 1 amide bonds. The molecule has 2 N–H and O–H groups in total. The van der Waals surface area contributed by atoms with Gasteiger partial charge in [0.15, 0.2) is 5.82 Å². The summed E-state index contributed by atoms with van der Waals surface area (Å²) in [6.07, 6.45) is 0.516. The van der Waals surface area contributed by atoms with Crippen LogP contribution in [0.15, 0.2) is 48.5 Å². The molecule has 3 rings (SSSR count). The van der Waals surface area contributed by atoms with Crippen molar-refractivity contribution in [3.8, 4) is 0 Å². The minimum atomic E-state index is -0.514. The lowest BCUT2D eigenvalue weighted by Crippen LogP contribution is -2.24. The fourth-order valence-corrected chi connectivity index (χ4v) is 2.86. The fraction of sp³-hybridized carbons (Fsp3) is 0.300. The number of hydrogen-bond donors (Lipinski definition) is 2. The van der Waals surface area contributed by atoms with Gasteiger partial charge in [0.2, 0.25) is 5.91 Å². The summed E-state index contributed by atoms with van der Waals surface area (Å²) >= 11 is 0. The van der Waals surface area contributed by atoms with Crippen molar-refractivity contribution in [3.05, 3.63) is 71.0 Å². The molecule has 0 fully saturated rings. The predicted octanol–water partition coefficient (Wildman–Crippen LogP) is 3.60. The number of hydrogen-bond acceptors (Lipinski definition) is 4. The van der Waals surface area contributed by atoms with Gasteiger partial charge in [-0.25, -0.2) is 0 Å². The number of aromatic amines is 1. The Bertz CT molecular complexity index is 856. The van der Waals surface area contributed by atoms with Crippen LogP contribution in [0.4, 0.5) is 5.69 Å². The summed E-state index contributed by atoms with van der Waals surface area (Å²) < 4.78 is 0. The van der Waals surface area contributed by atoms with Gasteiger partial charge in [0.05, 0.1) is 0 Å². The largest absolute Gasteiger partial charge is 0.325 e. The minimum Gasteiger partial charge on any atom is -0.325 e.